The molecule has 8 nitrogen and oxygen atoms in total. The first-order valence-electron chi connectivity index (χ1n) is 9.00. The lowest BCUT2D eigenvalue weighted by atomic mass is 10.2. The molecule has 3 aromatic rings. The molecule has 0 unspecified atom stereocenters. The van der Waals surface area contributed by atoms with E-state index < -0.39 is 16.0 Å². The average molecular weight is 424 g/mol. The second-order valence-corrected chi connectivity index (χ2v) is 8.17. The third kappa shape index (κ3) is 4.35. The van der Waals surface area contributed by atoms with Crippen LogP contribution in [0.15, 0.2) is 65.7 Å². The van der Waals surface area contributed by atoms with Gasteiger partial charge in [0.1, 0.15) is 6.07 Å². The first-order valence-corrected chi connectivity index (χ1v) is 10.5. The van der Waals surface area contributed by atoms with Gasteiger partial charge in [-0.2, -0.15) is 5.26 Å². The summed E-state index contributed by atoms with van der Waals surface area (Å²) in [6, 6.07) is 17.4. The maximum absolute atomic E-state index is 12.5. The van der Waals surface area contributed by atoms with Gasteiger partial charge in [0.05, 0.1) is 23.3 Å². The van der Waals surface area contributed by atoms with Crippen molar-refractivity contribution in [3.05, 3.63) is 77.6 Å². The van der Waals surface area contributed by atoms with Crippen LogP contribution in [0, 0.1) is 11.3 Å². The van der Waals surface area contributed by atoms with Crippen LogP contribution in [0.5, 0.6) is 0 Å². The van der Waals surface area contributed by atoms with E-state index in [1.165, 1.54) is 42.1 Å². The number of esters is 1. The summed E-state index contributed by atoms with van der Waals surface area (Å²) in [6.07, 6.45) is 1.98. The standard InChI is InChI=1S/C21H20N4O4S/c1-29-21(26)20-19(23)16(13-22)14-25(20)17-7-9-18(10-8-17)30(27,28)24-12-11-15-5-3-2-4-6-15/h2-10,14,24H,11-12,23H2,1H3. The van der Waals surface area contributed by atoms with Crippen molar-refractivity contribution in [2.24, 2.45) is 0 Å². The Morgan fingerprint density at radius 2 is 1.83 bits per heavy atom. The van der Waals surface area contributed by atoms with Gasteiger partial charge in [-0.05, 0) is 36.2 Å². The van der Waals surface area contributed by atoms with Crippen molar-refractivity contribution in [1.82, 2.24) is 9.29 Å². The monoisotopic (exact) mass is 424 g/mol. The molecule has 0 atom stereocenters. The van der Waals surface area contributed by atoms with Crippen LogP contribution in [0.4, 0.5) is 5.69 Å². The summed E-state index contributed by atoms with van der Waals surface area (Å²) in [4.78, 5) is 12.2. The van der Waals surface area contributed by atoms with Crippen LogP contribution in [-0.4, -0.2) is 32.6 Å². The highest BCUT2D eigenvalue weighted by molar-refractivity contribution is 7.89. The van der Waals surface area contributed by atoms with Gasteiger partial charge >= 0.3 is 5.97 Å². The molecular weight excluding hydrogens is 404 g/mol. The summed E-state index contributed by atoms with van der Waals surface area (Å²) in [5.41, 5.74) is 7.51. The number of aromatic nitrogens is 1. The fourth-order valence-corrected chi connectivity index (χ4v) is 3.99. The first kappa shape index (κ1) is 21.1. The second kappa shape index (κ2) is 8.82. The van der Waals surface area contributed by atoms with Crippen LogP contribution >= 0.6 is 0 Å². The molecule has 2 aromatic carbocycles. The lowest BCUT2D eigenvalue weighted by Gasteiger charge is -2.10. The number of nitrogens with two attached hydrogens (primary N) is 1. The van der Waals surface area contributed by atoms with Gasteiger partial charge in [0, 0.05) is 18.4 Å². The Labute approximate surface area is 174 Å². The molecule has 3 N–H and O–H groups in total. The minimum atomic E-state index is -3.70. The number of hydrogen-bond acceptors (Lipinski definition) is 6. The van der Waals surface area contributed by atoms with E-state index in [1.54, 1.807) is 0 Å². The van der Waals surface area contributed by atoms with Gasteiger partial charge in [-0.3, -0.25) is 0 Å². The van der Waals surface area contributed by atoms with Crippen molar-refractivity contribution in [1.29, 1.82) is 5.26 Å². The maximum atomic E-state index is 12.5. The number of hydrogen-bond donors (Lipinski definition) is 2. The molecule has 3 rings (SSSR count). The molecule has 9 heteroatoms. The third-order valence-electron chi connectivity index (χ3n) is 4.52. The Morgan fingerprint density at radius 1 is 1.17 bits per heavy atom. The highest BCUT2D eigenvalue weighted by Crippen LogP contribution is 2.25. The van der Waals surface area contributed by atoms with Crippen LogP contribution < -0.4 is 10.5 Å². The van der Waals surface area contributed by atoms with Gasteiger partial charge < -0.3 is 15.0 Å². The smallest absolute Gasteiger partial charge is 0.357 e. The molecule has 0 saturated carbocycles. The van der Waals surface area contributed by atoms with E-state index in [4.69, 9.17) is 10.5 Å². The van der Waals surface area contributed by atoms with E-state index in [1.807, 2.05) is 36.4 Å². The number of anilines is 1. The van der Waals surface area contributed by atoms with Gasteiger partial charge in [-0.15, -0.1) is 0 Å². The van der Waals surface area contributed by atoms with Gasteiger partial charge in [-0.1, -0.05) is 30.3 Å². The lowest BCUT2D eigenvalue weighted by Crippen LogP contribution is -2.26. The Balaban J connectivity index is 1.81. The molecule has 0 aliphatic carbocycles. The molecule has 0 radical (unpaired) electrons. The van der Waals surface area contributed by atoms with Crippen molar-refractivity contribution in [3.63, 3.8) is 0 Å². The van der Waals surface area contributed by atoms with Crippen molar-refractivity contribution in [2.45, 2.75) is 11.3 Å². The van der Waals surface area contributed by atoms with Crippen LogP contribution in [0.2, 0.25) is 0 Å². The maximum Gasteiger partial charge on any atom is 0.357 e. The van der Waals surface area contributed by atoms with Crippen molar-refractivity contribution < 1.29 is 17.9 Å². The number of nitrogens with one attached hydrogen (secondary N) is 1. The minimum Gasteiger partial charge on any atom is -0.464 e. The quantitative estimate of drug-likeness (QED) is 0.560. The van der Waals surface area contributed by atoms with Gasteiger partial charge in [0.2, 0.25) is 10.0 Å². The molecular formula is C21H20N4O4S. The Morgan fingerprint density at radius 3 is 2.43 bits per heavy atom. The zero-order chi connectivity index (χ0) is 21.7. The van der Waals surface area contributed by atoms with Crippen molar-refractivity contribution in [3.8, 4) is 11.8 Å². The molecule has 0 amide bonds. The molecule has 154 valence electrons. The predicted octanol–water partition coefficient (Wildman–Crippen LogP) is 2.24. The molecule has 0 saturated heterocycles. The fraction of sp³-hybridized carbons (Fsp3) is 0.143. The number of rotatable bonds is 7. The van der Waals surface area contributed by atoms with E-state index >= 15 is 0 Å². The number of benzene rings is 2. The number of ether oxygens (including phenoxy) is 1. The number of methoxy groups -OCH3 is 1. The molecule has 0 aliphatic heterocycles. The number of carbonyl (C=O) groups is 1. The minimum absolute atomic E-state index is 0.00336. The fourth-order valence-electron chi connectivity index (χ4n) is 2.96. The van der Waals surface area contributed by atoms with Gasteiger partial charge in [-0.25, -0.2) is 17.9 Å². The summed E-state index contributed by atoms with van der Waals surface area (Å²) in [6.45, 7) is 0.264. The van der Waals surface area contributed by atoms with Crippen LogP contribution in [0.1, 0.15) is 21.6 Å². The van der Waals surface area contributed by atoms with E-state index in [-0.39, 0.29) is 28.4 Å². The number of carbonyl (C=O) groups excluding carboxylic acids is 1. The van der Waals surface area contributed by atoms with Crippen molar-refractivity contribution >= 4 is 21.7 Å². The van der Waals surface area contributed by atoms with Crippen LogP contribution in [-0.2, 0) is 21.2 Å². The summed E-state index contributed by atoms with van der Waals surface area (Å²) >= 11 is 0. The summed E-state index contributed by atoms with van der Waals surface area (Å²) in [7, 11) is -2.49. The normalized spacial score (nSPS) is 11.1. The largest absolute Gasteiger partial charge is 0.464 e. The molecule has 0 fully saturated rings. The van der Waals surface area contributed by atoms with Gasteiger partial charge in [0.15, 0.2) is 5.69 Å². The topological polar surface area (TPSA) is 127 Å². The van der Waals surface area contributed by atoms with E-state index in [0.717, 1.165) is 5.56 Å². The molecule has 30 heavy (non-hydrogen) atoms. The Kier molecular flexibility index (Phi) is 6.20. The Hall–Kier alpha value is -3.61. The van der Waals surface area contributed by atoms with Crippen LogP contribution in [0.25, 0.3) is 5.69 Å². The van der Waals surface area contributed by atoms with E-state index in [2.05, 4.69) is 4.72 Å². The number of nitrogens with zero attached hydrogens (tertiary/aromatic N) is 2. The number of sulfonamides is 1. The van der Waals surface area contributed by atoms with E-state index in [0.29, 0.717) is 12.1 Å². The van der Waals surface area contributed by atoms with E-state index in [9.17, 15) is 18.5 Å². The summed E-state index contributed by atoms with van der Waals surface area (Å²) in [5, 5.41) is 9.19. The Bertz CT molecular complexity index is 1190. The molecule has 1 heterocycles. The molecule has 0 aliphatic rings. The highest BCUT2D eigenvalue weighted by Gasteiger charge is 2.22. The average Bonchev–Trinajstić information content (AvgIpc) is 3.10. The summed E-state index contributed by atoms with van der Waals surface area (Å²) in [5.74, 6) is -0.701. The van der Waals surface area contributed by atoms with Crippen LogP contribution in [0.3, 0.4) is 0 Å². The second-order valence-electron chi connectivity index (χ2n) is 6.41. The van der Waals surface area contributed by atoms with Gasteiger partial charge in [0.25, 0.3) is 0 Å². The van der Waals surface area contributed by atoms with Crippen molar-refractivity contribution in [2.75, 3.05) is 19.4 Å². The molecule has 0 bridgehead atoms. The lowest BCUT2D eigenvalue weighted by molar-refractivity contribution is 0.0593. The molecule has 1 aromatic heterocycles. The first-order chi connectivity index (χ1) is 14.4. The molecule has 0 spiro atoms. The SMILES string of the molecule is COC(=O)c1c(N)c(C#N)cn1-c1ccc(S(=O)(=O)NCCc2ccccc2)cc1. The number of nitrogen functional groups attached to an aromatic ring is 1. The zero-order valence-corrected chi connectivity index (χ0v) is 17.0. The highest BCUT2D eigenvalue weighted by atomic mass is 32.2. The third-order valence-corrected chi connectivity index (χ3v) is 5.99. The predicted molar refractivity (Wildman–Crippen MR) is 112 cm³/mol. The zero-order valence-electron chi connectivity index (χ0n) is 16.2. The number of nitriles is 1. The summed E-state index contributed by atoms with van der Waals surface area (Å²) < 4.78 is 33.8.